The molecule has 0 radical (unpaired) electrons. The fraction of sp³-hybridized carbons (Fsp3) is 0.400. The van der Waals surface area contributed by atoms with Gasteiger partial charge in [0.1, 0.15) is 0 Å². The molecule has 0 heterocycles. The first-order valence-electron chi connectivity index (χ1n) is 3.97. The molecule has 0 saturated heterocycles. The number of anilines is 1. The summed E-state index contributed by atoms with van der Waals surface area (Å²) in [6, 6.07) is 4.14. The molecule has 0 aliphatic rings. The minimum atomic E-state index is 0.861. The Hall–Kier alpha value is -0.690. The molecule has 0 spiro atoms. The van der Waals surface area contributed by atoms with E-state index in [-0.39, 0.29) is 0 Å². The van der Waals surface area contributed by atoms with Gasteiger partial charge in [-0.2, -0.15) is 0 Å². The topological polar surface area (TPSA) is 3.24 Å². The maximum absolute atomic E-state index is 6.15. The van der Waals surface area contributed by atoms with Crippen molar-refractivity contribution >= 4 is 17.3 Å². The third-order valence-electron chi connectivity index (χ3n) is 1.96. The Labute approximate surface area is 79.0 Å². The number of benzene rings is 1. The third kappa shape index (κ3) is 1.56. The average molecular weight is 184 g/mol. The number of nitrogens with zero attached hydrogens (tertiary/aromatic N) is 1. The highest BCUT2D eigenvalue weighted by Crippen LogP contribution is 2.30. The second-order valence-corrected chi connectivity index (χ2v) is 3.63. The molecule has 0 fully saturated rings. The van der Waals surface area contributed by atoms with Gasteiger partial charge in [0.25, 0.3) is 0 Å². The van der Waals surface area contributed by atoms with Crippen LogP contribution in [0.4, 0.5) is 5.69 Å². The van der Waals surface area contributed by atoms with Gasteiger partial charge in [-0.3, -0.25) is 0 Å². The minimum Gasteiger partial charge on any atom is -0.376 e. The molecule has 0 aromatic heterocycles. The molecule has 0 bridgehead atoms. The molecule has 0 N–H and O–H groups in total. The van der Waals surface area contributed by atoms with Crippen molar-refractivity contribution in [1.29, 1.82) is 0 Å². The average Bonchev–Trinajstić information content (AvgIpc) is 1.97. The van der Waals surface area contributed by atoms with Crippen LogP contribution in [0.25, 0.3) is 0 Å². The Morgan fingerprint density at radius 1 is 1.08 bits per heavy atom. The number of aryl methyl sites for hydroxylation is 2. The summed E-state index contributed by atoms with van der Waals surface area (Å²) in [5, 5.41) is 0.861. The molecule has 1 nitrogen and oxygen atoms in total. The monoisotopic (exact) mass is 183 g/mol. The first-order chi connectivity index (χ1) is 5.54. The Morgan fingerprint density at radius 2 is 1.58 bits per heavy atom. The Morgan fingerprint density at radius 3 is 2.00 bits per heavy atom. The van der Waals surface area contributed by atoms with Crippen molar-refractivity contribution in [2.45, 2.75) is 13.8 Å². The van der Waals surface area contributed by atoms with E-state index < -0.39 is 0 Å². The van der Waals surface area contributed by atoms with Gasteiger partial charge < -0.3 is 4.90 Å². The maximum atomic E-state index is 6.15. The molecule has 0 unspecified atom stereocenters. The van der Waals surface area contributed by atoms with Crippen molar-refractivity contribution in [3.05, 3.63) is 28.3 Å². The van der Waals surface area contributed by atoms with Crippen molar-refractivity contribution < 1.29 is 0 Å². The maximum Gasteiger partial charge on any atom is 0.0671 e. The molecule has 1 aromatic carbocycles. The van der Waals surface area contributed by atoms with E-state index in [1.165, 1.54) is 5.56 Å². The largest absolute Gasteiger partial charge is 0.376 e. The van der Waals surface area contributed by atoms with Crippen LogP contribution in [0.3, 0.4) is 0 Å². The lowest BCUT2D eigenvalue weighted by atomic mass is 10.1. The van der Waals surface area contributed by atoms with Crippen molar-refractivity contribution in [2.24, 2.45) is 0 Å². The summed E-state index contributed by atoms with van der Waals surface area (Å²) in [4.78, 5) is 2.05. The van der Waals surface area contributed by atoms with Crippen LogP contribution in [0, 0.1) is 13.8 Å². The Balaban J connectivity index is 3.33. The number of hydrogen-bond donors (Lipinski definition) is 0. The summed E-state index contributed by atoms with van der Waals surface area (Å²) in [5.74, 6) is 0. The van der Waals surface area contributed by atoms with E-state index >= 15 is 0 Å². The minimum absolute atomic E-state index is 0.861. The smallest absolute Gasteiger partial charge is 0.0671 e. The molecule has 1 rings (SSSR count). The zero-order chi connectivity index (χ0) is 9.30. The van der Waals surface area contributed by atoms with Crippen LogP contribution in [-0.2, 0) is 0 Å². The Kier molecular flexibility index (Phi) is 2.63. The van der Waals surface area contributed by atoms with Gasteiger partial charge in [0, 0.05) is 14.1 Å². The van der Waals surface area contributed by atoms with E-state index in [1.54, 1.807) is 0 Å². The van der Waals surface area contributed by atoms with Gasteiger partial charge in [-0.15, -0.1) is 0 Å². The molecule has 0 atom stereocenters. The van der Waals surface area contributed by atoms with Crippen LogP contribution in [0.2, 0.25) is 5.02 Å². The van der Waals surface area contributed by atoms with E-state index in [1.807, 2.05) is 32.0 Å². The molecule has 0 aliphatic carbocycles. The van der Waals surface area contributed by atoms with Crippen LogP contribution >= 0.6 is 11.6 Å². The molecule has 0 aliphatic heterocycles. The molecule has 66 valence electrons. The van der Waals surface area contributed by atoms with Gasteiger partial charge in [-0.05, 0) is 25.0 Å². The molecular weight excluding hydrogens is 170 g/mol. The molecule has 1 aromatic rings. The number of halogens is 1. The summed E-state index contributed by atoms with van der Waals surface area (Å²) >= 11 is 6.15. The van der Waals surface area contributed by atoms with E-state index in [4.69, 9.17) is 11.6 Å². The van der Waals surface area contributed by atoms with E-state index in [0.29, 0.717) is 0 Å². The van der Waals surface area contributed by atoms with Crippen molar-refractivity contribution in [1.82, 2.24) is 0 Å². The van der Waals surface area contributed by atoms with Crippen LogP contribution in [0.15, 0.2) is 12.1 Å². The Bertz CT molecular complexity index is 292. The first-order valence-corrected chi connectivity index (χ1v) is 4.35. The highest BCUT2D eigenvalue weighted by molar-refractivity contribution is 6.34. The zero-order valence-corrected chi connectivity index (χ0v) is 8.74. The van der Waals surface area contributed by atoms with Crippen molar-refractivity contribution in [3.8, 4) is 0 Å². The molecule has 2 heteroatoms. The SMILES string of the molecule is Cc1ccc(C)c(N(C)C)c1Cl. The third-order valence-corrected chi connectivity index (χ3v) is 2.44. The summed E-state index contributed by atoms with van der Waals surface area (Å²) in [5.41, 5.74) is 3.47. The van der Waals surface area contributed by atoms with E-state index in [0.717, 1.165) is 16.3 Å². The highest BCUT2D eigenvalue weighted by atomic mass is 35.5. The molecule has 0 amide bonds. The quantitative estimate of drug-likeness (QED) is 0.647. The van der Waals surface area contributed by atoms with Crippen LogP contribution in [-0.4, -0.2) is 14.1 Å². The standard InChI is InChI=1S/C10H14ClN/c1-7-5-6-8(2)10(9(7)11)12(3)4/h5-6H,1-4H3. The lowest BCUT2D eigenvalue weighted by molar-refractivity contribution is 1.11. The second kappa shape index (κ2) is 3.36. The molecular formula is C10H14ClN. The molecule has 0 saturated carbocycles. The van der Waals surface area contributed by atoms with Gasteiger partial charge in [0.2, 0.25) is 0 Å². The number of hydrogen-bond acceptors (Lipinski definition) is 1. The predicted molar refractivity (Wildman–Crippen MR) is 55.3 cm³/mol. The van der Waals surface area contributed by atoms with Crippen molar-refractivity contribution in [2.75, 3.05) is 19.0 Å². The fourth-order valence-electron chi connectivity index (χ4n) is 1.31. The fourth-order valence-corrected chi connectivity index (χ4v) is 1.69. The van der Waals surface area contributed by atoms with Crippen molar-refractivity contribution in [3.63, 3.8) is 0 Å². The van der Waals surface area contributed by atoms with E-state index in [9.17, 15) is 0 Å². The van der Waals surface area contributed by atoms with E-state index in [2.05, 4.69) is 13.0 Å². The van der Waals surface area contributed by atoms with Crippen LogP contribution < -0.4 is 4.90 Å². The predicted octanol–water partition coefficient (Wildman–Crippen LogP) is 3.02. The summed E-state index contributed by atoms with van der Waals surface area (Å²) in [7, 11) is 4.02. The lowest BCUT2D eigenvalue weighted by Crippen LogP contribution is -2.11. The molecule has 12 heavy (non-hydrogen) atoms. The van der Waals surface area contributed by atoms with Gasteiger partial charge in [0.15, 0.2) is 0 Å². The van der Waals surface area contributed by atoms with Gasteiger partial charge in [0.05, 0.1) is 10.7 Å². The second-order valence-electron chi connectivity index (χ2n) is 3.26. The van der Waals surface area contributed by atoms with Gasteiger partial charge in [-0.1, -0.05) is 23.7 Å². The first kappa shape index (κ1) is 9.40. The highest BCUT2D eigenvalue weighted by Gasteiger charge is 2.07. The van der Waals surface area contributed by atoms with Crippen LogP contribution in [0.1, 0.15) is 11.1 Å². The summed E-state index contributed by atoms with van der Waals surface area (Å²) in [6.45, 7) is 4.09. The normalized spacial score (nSPS) is 10.1. The summed E-state index contributed by atoms with van der Waals surface area (Å²) < 4.78 is 0. The number of rotatable bonds is 1. The van der Waals surface area contributed by atoms with Gasteiger partial charge >= 0.3 is 0 Å². The summed E-state index contributed by atoms with van der Waals surface area (Å²) in [6.07, 6.45) is 0. The van der Waals surface area contributed by atoms with Crippen LogP contribution in [0.5, 0.6) is 0 Å². The van der Waals surface area contributed by atoms with Gasteiger partial charge in [-0.25, -0.2) is 0 Å². The zero-order valence-electron chi connectivity index (χ0n) is 7.98. The lowest BCUT2D eigenvalue weighted by Gasteiger charge is -2.18.